The minimum Gasteiger partial charge on any atom is -0.456 e. The second-order valence-corrected chi connectivity index (χ2v) is 8.14. The summed E-state index contributed by atoms with van der Waals surface area (Å²) in [7, 11) is 0. The van der Waals surface area contributed by atoms with Gasteiger partial charge >= 0.3 is 0 Å². The number of rotatable bonds is 3. The summed E-state index contributed by atoms with van der Waals surface area (Å²) in [5, 5.41) is 2.27. The highest BCUT2D eigenvalue weighted by atomic mass is 16.3. The van der Waals surface area contributed by atoms with Gasteiger partial charge in [0, 0.05) is 21.9 Å². The van der Waals surface area contributed by atoms with Crippen LogP contribution in [0, 0.1) is 6.92 Å². The number of para-hydroxylation sites is 1. The Hall–Kier alpha value is -4.17. The van der Waals surface area contributed by atoms with E-state index in [0.717, 1.165) is 55.6 Å². The van der Waals surface area contributed by atoms with Gasteiger partial charge < -0.3 is 4.42 Å². The van der Waals surface area contributed by atoms with Gasteiger partial charge in [-0.3, -0.25) is 0 Å². The summed E-state index contributed by atoms with van der Waals surface area (Å²) in [6.07, 6.45) is 0. The predicted octanol–water partition coefficient (Wildman–Crippen LogP) is 8.29. The van der Waals surface area contributed by atoms with E-state index in [1.54, 1.807) is 0 Å². The third-order valence-corrected chi connectivity index (χ3v) is 5.92. The number of fused-ring (bicyclic) bond motifs is 3. The van der Waals surface area contributed by atoms with Gasteiger partial charge in [-0.05, 0) is 48.4 Å². The number of hydrogen-bond acceptors (Lipinski definition) is 2. The van der Waals surface area contributed by atoms with Crippen molar-refractivity contribution in [3.8, 4) is 33.6 Å². The molecule has 2 aromatic heterocycles. The van der Waals surface area contributed by atoms with Crippen molar-refractivity contribution in [3.63, 3.8) is 0 Å². The summed E-state index contributed by atoms with van der Waals surface area (Å²) in [5.74, 6) is 0. The SMILES string of the molecule is Cc1cccc(-c2cc(-c3cccc4oc5ccccc5c34)cc(-c3ccccc3)n2)c1. The largest absolute Gasteiger partial charge is 0.456 e. The smallest absolute Gasteiger partial charge is 0.136 e. The molecular formula is C30H21NO. The van der Waals surface area contributed by atoms with Gasteiger partial charge in [-0.25, -0.2) is 4.98 Å². The van der Waals surface area contributed by atoms with Crippen LogP contribution in [0.15, 0.2) is 114 Å². The molecule has 0 atom stereocenters. The summed E-state index contributed by atoms with van der Waals surface area (Å²) in [6.45, 7) is 2.11. The first-order valence-electron chi connectivity index (χ1n) is 10.8. The van der Waals surface area contributed by atoms with Crippen LogP contribution >= 0.6 is 0 Å². The number of furan rings is 1. The first-order valence-corrected chi connectivity index (χ1v) is 10.8. The average Bonchev–Trinajstić information content (AvgIpc) is 3.23. The minimum absolute atomic E-state index is 0.902. The number of pyridine rings is 1. The molecule has 0 bridgehead atoms. The van der Waals surface area contributed by atoms with Crippen LogP contribution in [0.25, 0.3) is 55.6 Å². The molecule has 0 unspecified atom stereocenters. The summed E-state index contributed by atoms with van der Waals surface area (Å²) in [4.78, 5) is 5.05. The zero-order valence-electron chi connectivity index (χ0n) is 17.7. The molecule has 4 aromatic carbocycles. The van der Waals surface area contributed by atoms with Gasteiger partial charge in [-0.1, -0.05) is 84.4 Å². The van der Waals surface area contributed by atoms with E-state index < -0.39 is 0 Å². The van der Waals surface area contributed by atoms with E-state index in [9.17, 15) is 0 Å². The lowest BCUT2D eigenvalue weighted by molar-refractivity contribution is 0.669. The molecule has 0 aliphatic rings. The maximum absolute atomic E-state index is 6.14. The first kappa shape index (κ1) is 18.6. The fraction of sp³-hybridized carbons (Fsp3) is 0.0333. The summed E-state index contributed by atoms with van der Waals surface area (Å²) >= 11 is 0. The monoisotopic (exact) mass is 411 g/mol. The minimum atomic E-state index is 0.902. The molecule has 0 radical (unpaired) electrons. The van der Waals surface area contributed by atoms with Gasteiger partial charge in [0.2, 0.25) is 0 Å². The lowest BCUT2D eigenvalue weighted by Gasteiger charge is -2.11. The third kappa shape index (κ3) is 3.17. The van der Waals surface area contributed by atoms with Crippen molar-refractivity contribution < 1.29 is 4.42 Å². The van der Waals surface area contributed by atoms with Gasteiger partial charge in [0.15, 0.2) is 0 Å². The van der Waals surface area contributed by atoms with Crippen molar-refractivity contribution in [3.05, 3.63) is 115 Å². The van der Waals surface area contributed by atoms with Crippen LogP contribution in [0.2, 0.25) is 0 Å². The number of benzene rings is 4. The Kier molecular flexibility index (Phi) is 4.36. The third-order valence-electron chi connectivity index (χ3n) is 5.92. The van der Waals surface area contributed by atoms with Crippen molar-refractivity contribution in [1.82, 2.24) is 4.98 Å². The lowest BCUT2D eigenvalue weighted by atomic mass is 9.96. The molecular weight excluding hydrogens is 390 g/mol. The van der Waals surface area contributed by atoms with Crippen LogP contribution in [0.4, 0.5) is 0 Å². The van der Waals surface area contributed by atoms with Crippen LogP contribution in [0.3, 0.4) is 0 Å². The molecule has 0 saturated carbocycles. The average molecular weight is 412 g/mol. The molecule has 152 valence electrons. The predicted molar refractivity (Wildman–Crippen MR) is 133 cm³/mol. The molecule has 2 heteroatoms. The fourth-order valence-corrected chi connectivity index (χ4v) is 4.41. The highest BCUT2D eigenvalue weighted by molar-refractivity contribution is 6.12. The van der Waals surface area contributed by atoms with Gasteiger partial charge in [0.05, 0.1) is 11.4 Å². The molecule has 0 N–H and O–H groups in total. The van der Waals surface area contributed by atoms with E-state index >= 15 is 0 Å². The van der Waals surface area contributed by atoms with Gasteiger partial charge in [-0.2, -0.15) is 0 Å². The summed E-state index contributed by atoms with van der Waals surface area (Å²) < 4.78 is 6.14. The Balaban J connectivity index is 1.65. The van der Waals surface area contributed by atoms with Crippen LogP contribution in [-0.4, -0.2) is 4.98 Å². The number of nitrogens with zero attached hydrogens (tertiary/aromatic N) is 1. The van der Waals surface area contributed by atoms with Gasteiger partial charge in [0.1, 0.15) is 11.2 Å². The van der Waals surface area contributed by atoms with E-state index in [-0.39, 0.29) is 0 Å². The Bertz CT molecular complexity index is 1580. The first-order chi connectivity index (χ1) is 15.8. The topological polar surface area (TPSA) is 26.0 Å². The number of aromatic nitrogens is 1. The normalized spacial score (nSPS) is 11.3. The Morgan fingerprint density at radius 2 is 1.25 bits per heavy atom. The fourth-order valence-electron chi connectivity index (χ4n) is 4.41. The molecule has 0 aliphatic carbocycles. The molecule has 2 nitrogen and oxygen atoms in total. The highest BCUT2D eigenvalue weighted by Crippen LogP contribution is 2.38. The molecule has 0 saturated heterocycles. The van der Waals surface area contributed by atoms with Gasteiger partial charge in [-0.15, -0.1) is 0 Å². The zero-order valence-corrected chi connectivity index (χ0v) is 17.7. The Morgan fingerprint density at radius 1 is 0.562 bits per heavy atom. The maximum atomic E-state index is 6.14. The van der Waals surface area contributed by atoms with E-state index in [1.165, 1.54) is 5.56 Å². The number of aryl methyl sites for hydroxylation is 1. The van der Waals surface area contributed by atoms with E-state index in [1.807, 2.05) is 24.3 Å². The van der Waals surface area contributed by atoms with Crippen molar-refractivity contribution in [2.45, 2.75) is 6.92 Å². The van der Waals surface area contributed by atoms with Crippen molar-refractivity contribution >= 4 is 21.9 Å². The van der Waals surface area contributed by atoms with Crippen molar-refractivity contribution in [2.24, 2.45) is 0 Å². The van der Waals surface area contributed by atoms with Crippen molar-refractivity contribution in [1.29, 1.82) is 0 Å². The van der Waals surface area contributed by atoms with Crippen LogP contribution in [0.5, 0.6) is 0 Å². The Morgan fingerprint density at radius 3 is 2.09 bits per heavy atom. The highest BCUT2D eigenvalue weighted by Gasteiger charge is 2.15. The van der Waals surface area contributed by atoms with Crippen molar-refractivity contribution in [2.75, 3.05) is 0 Å². The number of hydrogen-bond donors (Lipinski definition) is 0. The molecule has 0 spiro atoms. The van der Waals surface area contributed by atoms with E-state index in [2.05, 4.69) is 91.9 Å². The standard InChI is InChI=1S/C30H21NO/c1-20-9-7-12-22(17-20)27-19-23(18-26(31-27)21-10-3-2-4-11-21)24-14-8-16-29-30(24)25-13-5-6-15-28(25)32-29/h2-19H,1H3. The molecule has 32 heavy (non-hydrogen) atoms. The van der Waals surface area contributed by atoms with Gasteiger partial charge in [0.25, 0.3) is 0 Å². The lowest BCUT2D eigenvalue weighted by Crippen LogP contribution is -1.92. The molecule has 6 aromatic rings. The second kappa shape index (κ2) is 7.51. The van der Waals surface area contributed by atoms with Crippen LogP contribution in [0.1, 0.15) is 5.56 Å². The Labute approximate surface area is 186 Å². The summed E-state index contributed by atoms with van der Waals surface area (Å²) in [5.41, 5.74) is 9.47. The summed E-state index contributed by atoms with van der Waals surface area (Å²) in [6, 6.07) is 37.8. The molecule has 0 aliphatic heterocycles. The molecule has 2 heterocycles. The maximum Gasteiger partial charge on any atom is 0.136 e. The molecule has 0 fully saturated rings. The van der Waals surface area contributed by atoms with Crippen LogP contribution < -0.4 is 0 Å². The molecule has 0 amide bonds. The zero-order chi connectivity index (χ0) is 21.5. The molecule has 6 rings (SSSR count). The van der Waals surface area contributed by atoms with E-state index in [4.69, 9.17) is 9.40 Å². The quantitative estimate of drug-likeness (QED) is 0.293. The van der Waals surface area contributed by atoms with Crippen LogP contribution in [-0.2, 0) is 0 Å². The second-order valence-electron chi connectivity index (χ2n) is 8.14. The van der Waals surface area contributed by atoms with E-state index in [0.29, 0.717) is 0 Å².